The molecule has 0 aromatic carbocycles. The highest BCUT2D eigenvalue weighted by Crippen LogP contribution is 2.02. The highest BCUT2D eigenvalue weighted by Gasteiger charge is 2.13. The summed E-state index contributed by atoms with van der Waals surface area (Å²) in [4.78, 5) is 20.9. The van der Waals surface area contributed by atoms with Crippen LogP contribution >= 0.6 is 0 Å². The molecule has 0 aliphatic rings. The van der Waals surface area contributed by atoms with Gasteiger partial charge >= 0.3 is 0 Å². The van der Waals surface area contributed by atoms with Gasteiger partial charge in [-0.25, -0.2) is 0 Å². The van der Waals surface area contributed by atoms with Gasteiger partial charge in [-0.1, -0.05) is 0 Å². The molecule has 0 fully saturated rings. The second kappa shape index (κ2) is 5.85. The van der Waals surface area contributed by atoms with Gasteiger partial charge < -0.3 is 15.8 Å². The van der Waals surface area contributed by atoms with Crippen LogP contribution in [0.2, 0.25) is 0 Å². The smallest absolute Gasteiger partial charge is 0.224 e. The first-order valence-electron chi connectivity index (χ1n) is 3.61. The average molecular weight is 158 g/mol. The predicted octanol–water partition coefficient (Wildman–Crippen LogP) is -0.714. The maximum Gasteiger partial charge on any atom is 0.224 e. The van der Waals surface area contributed by atoms with Crippen molar-refractivity contribution in [2.24, 2.45) is 11.7 Å². The molecule has 0 aliphatic heterocycles. The molecule has 1 amide bonds. The lowest BCUT2D eigenvalue weighted by Gasteiger charge is -2.10. The van der Waals surface area contributed by atoms with Crippen LogP contribution in [0.15, 0.2) is 0 Å². The van der Waals surface area contributed by atoms with E-state index in [4.69, 9.17) is 5.73 Å². The van der Waals surface area contributed by atoms with Crippen molar-refractivity contribution in [2.75, 3.05) is 13.6 Å². The predicted molar refractivity (Wildman–Crippen MR) is 41.9 cm³/mol. The van der Waals surface area contributed by atoms with Crippen LogP contribution in [0, 0.1) is 5.92 Å². The van der Waals surface area contributed by atoms with Crippen LogP contribution in [0.25, 0.3) is 0 Å². The summed E-state index contributed by atoms with van der Waals surface area (Å²) >= 11 is 0. The van der Waals surface area contributed by atoms with Gasteiger partial charge in [0.15, 0.2) is 0 Å². The molecule has 0 aromatic rings. The molecule has 0 aliphatic carbocycles. The van der Waals surface area contributed by atoms with Crippen LogP contribution in [0.3, 0.4) is 0 Å². The minimum absolute atomic E-state index is 0.0886. The molecule has 0 heterocycles. The first-order valence-corrected chi connectivity index (χ1v) is 3.61. The van der Waals surface area contributed by atoms with Crippen LogP contribution in [0.5, 0.6) is 0 Å². The Kier molecular flexibility index (Phi) is 5.37. The topological polar surface area (TPSA) is 72.2 Å². The highest BCUT2D eigenvalue weighted by molar-refractivity contribution is 5.78. The molecular formula is C7H14N2O2. The Hall–Kier alpha value is -0.900. The Labute approximate surface area is 66.1 Å². The largest absolute Gasteiger partial charge is 0.359 e. The number of hydrogen-bond acceptors (Lipinski definition) is 3. The molecule has 4 heteroatoms. The van der Waals surface area contributed by atoms with Crippen molar-refractivity contribution in [2.45, 2.75) is 12.8 Å². The molecule has 0 rings (SSSR count). The average Bonchev–Trinajstić information content (AvgIpc) is 2.05. The van der Waals surface area contributed by atoms with E-state index < -0.39 is 0 Å². The molecule has 0 bridgehead atoms. The zero-order valence-electron chi connectivity index (χ0n) is 6.67. The van der Waals surface area contributed by atoms with E-state index in [9.17, 15) is 9.59 Å². The van der Waals surface area contributed by atoms with Gasteiger partial charge in [0.05, 0.1) is 5.92 Å². The number of nitrogens with one attached hydrogen (secondary N) is 1. The molecule has 0 aromatic heterocycles. The van der Waals surface area contributed by atoms with E-state index in [1.165, 1.54) is 0 Å². The van der Waals surface area contributed by atoms with Crippen LogP contribution in [0.1, 0.15) is 12.8 Å². The number of amides is 1. The van der Waals surface area contributed by atoms with Crippen LogP contribution in [-0.4, -0.2) is 25.8 Å². The third-order valence-electron chi connectivity index (χ3n) is 1.53. The number of carbonyl (C=O) groups is 2. The molecule has 0 radical (unpaired) electrons. The van der Waals surface area contributed by atoms with Crippen molar-refractivity contribution in [3.63, 3.8) is 0 Å². The normalized spacial score (nSPS) is 12.2. The zero-order valence-corrected chi connectivity index (χ0v) is 6.67. The summed E-state index contributed by atoms with van der Waals surface area (Å²) in [6.45, 7) is 0.299. The van der Waals surface area contributed by atoms with Gasteiger partial charge in [0, 0.05) is 20.0 Å². The lowest BCUT2D eigenvalue weighted by Crippen LogP contribution is -2.32. The second-order valence-electron chi connectivity index (χ2n) is 2.29. The fourth-order valence-corrected chi connectivity index (χ4v) is 0.829. The first kappa shape index (κ1) is 10.1. The van der Waals surface area contributed by atoms with Crippen LogP contribution in [-0.2, 0) is 9.59 Å². The number of rotatable bonds is 5. The summed E-state index contributed by atoms with van der Waals surface area (Å²) in [6.07, 6.45) is 1.74. The van der Waals surface area contributed by atoms with E-state index >= 15 is 0 Å². The maximum atomic E-state index is 10.9. The van der Waals surface area contributed by atoms with Crippen molar-refractivity contribution in [1.82, 2.24) is 5.32 Å². The van der Waals surface area contributed by atoms with Crippen LogP contribution < -0.4 is 11.1 Å². The third-order valence-corrected chi connectivity index (χ3v) is 1.53. The van der Waals surface area contributed by atoms with Gasteiger partial charge in [0.2, 0.25) is 5.91 Å². The fourth-order valence-electron chi connectivity index (χ4n) is 0.829. The summed E-state index contributed by atoms with van der Waals surface area (Å²) in [5.74, 6) is -0.306. The van der Waals surface area contributed by atoms with E-state index in [0.29, 0.717) is 19.4 Å². The Bertz CT molecular complexity index is 136. The fraction of sp³-hybridized carbons (Fsp3) is 0.714. The molecule has 1 atom stereocenters. The Morgan fingerprint density at radius 2 is 2.36 bits per heavy atom. The van der Waals surface area contributed by atoms with E-state index in [-0.39, 0.29) is 11.8 Å². The Morgan fingerprint density at radius 3 is 2.73 bits per heavy atom. The molecule has 0 saturated carbocycles. The van der Waals surface area contributed by atoms with Crippen molar-refractivity contribution < 1.29 is 9.59 Å². The highest BCUT2D eigenvalue weighted by atomic mass is 16.1. The standard InChI is InChI=1S/C7H14N2O2/c1-9-7(11)6(5-8)3-2-4-10/h4,6H,2-3,5,8H2,1H3,(H,9,11). The molecule has 0 saturated heterocycles. The van der Waals surface area contributed by atoms with E-state index in [2.05, 4.69) is 5.32 Å². The molecule has 64 valence electrons. The molecule has 4 nitrogen and oxygen atoms in total. The minimum Gasteiger partial charge on any atom is -0.359 e. The van der Waals surface area contributed by atoms with Crippen LogP contribution in [0.4, 0.5) is 0 Å². The molecule has 3 N–H and O–H groups in total. The minimum atomic E-state index is -0.217. The van der Waals surface area contributed by atoms with Crippen molar-refractivity contribution in [1.29, 1.82) is 0 Å². The SMILES string of the molecule is CNC(=O)C(CN)CCC=O. The van der Waals surface area contributed by atoms with Gasteiger partial charge in [-0.3, -0.25) is 4.79 Å². The van der Waals surface area contributed by atoms with Crippen molar-refractivity contribution in [3.8, 4) is 0 Å². The van der Waals surface area contributed by atoms with Gasteiger partial charge in [0.1, 0.15) is 6.29 Å². The quantitative estimate of drug-likeness (QED) is 0.519. The van der Waals surface area contributed by atoms with Crippen molar-refractivity contribution >= 4 is 12.2 Å². The van der Waals surface area contributed by atoms with E-state index in [0.717, 1.165) is 6.29 Å². The van der Waals surface area contributed by atoms with E-state index in [1.807, 2.05) is 0 Å². The summed E-state index contributed by atoms with van der Waals surface area (Å²) < 4.78 is 0. The number of nitrogens with two attached hydrogens (primary N) is 1. The summed E-state index contributed by atoms with van der Waals surface area (Å²) in [5, 5.41) is 2.49. The lowest BCUT2D eigenvalue weighted by atomic mass is 10.0. The van der Waals surface area contributed by atoms with E-state index in [1.54, 1.807) is 7.05 Å². The van der Waals surface area contributed by atoms with Crippen molar-refractivity contribution in [3.05, 3.63) is 0 Å². The molecule has 11 heavy (non-hydrogen) atoms. The third kappa shape index (κ3) is 3.72. The summed E-state index contributed by atoms with van der Waals surface area (Å²) in [5.41, 5.74) is 5.31. The molecular weight excluding hydrogens is 144 g/mol. The van der Waals surface area contributed by atoms with Gasteiger partial charge in [-0.05, 0) is 6.42 Å². The molecule has 0 spiro atoms. The van der Waals surface area contributed by atoms with Gasteiger partial charge in [-0.15, -0.1) is 0 Å². The first-order chi connectivity index (χ1) is 5.26. The summed E-state index contributed by atoms with van der Waals surface area (Å²) in [6, 6.07) is 0. The van der Waals surface area contributed by atoms with Gasteiger partial charge in [0.25, 0.3) is 0 Å². The molecule has 1 unspecified atom stereocenters. The number of carbonyl (C=O) groups excluding carboxylic acids is 2. The maximum absolute atomic E-state index is 10.9. The number of aldehydes is 1. The second-order valence-corrected chi connectivity index (χ2v) is 2.29. The summed E-state index contributed by atoms with van der Waals surface area (Å²) in [7, 11) is 1.56. The zero-order chi connectivity index (χ0) is 8.69. The van der Waals surface area contributed by atoms with Gasteiger partial charge in [-0.2, -0.15) is 0 Å². The Morgan fingerprint density at radius 1 is 1.73 bits per heavy atom. The lowest BCUT2D eigenvalue weighted by molar-refractivity contribution is -0.124. The monoisotopic (exact) mass is 158 g/mol. The number of hydrogen-bond donors (Lipinski definition) is 2. The Balaban J connectivity index is 3.74.